The van der Waals surface area contributed by atoms with Gasteiger partial charge < -0.3 is 10.7 Å². The second-order valence-corrected chi connectivity index (χ2v) is 11.2. The molecule has 1 aliphatic rings. The molecule has 0 bridgehead atoms. The van der Waals surface area contributed by atoms with Crippen LogP contribution in [0.5, 0.6) is 0 Å². The van der Waals surface area contributed by atoms with Crippen molar-refractivity contribution in [3.8, 4) is 11.1 Å². The molecule has 0 saturated heterocycles. The maximum Gasteiger partial charge on any atom is 0.270 e. The van der Waals surface area contributed by atoms with Crippen molar-refractivity contribution in [2.75, 3.05) is 5.73 Å². The first-order valence-corrected chi connectivity index (χ1v) is 13.7. The summed E-state index contributed by atoms with van der Waals surface area (Å²) < 4.78 is 2.29. The highest BCUT2D eigenvalue weighted by molar-refractivity contribution is 7.71. The Kier molecular flexibility index (Phi) is 5.38. The van der Waals surface area contributed by atoms with Crippen LogP contribution in [0.1, 0.15) is 23.2 Å². The molecule has 0 atom stereocenters. The minimum atomic E-state index is -0.265. The molecule has 4 aromatic heterocycles. The fraction of sp³-hybridized carbons (Fsp3) is 0.0741. The van der Waals surface area contributed by atoms with Crippen LogP contribution in [-0.4, -0.2) is 24.3 Å². The van der Waals surface area contributed by atoms with E-state index in [9.17, 15) is 4.79 Å². The van der Waals surface area contributed by atoms with Gasteiger partial charge in [-0.3, -0.25) is 4.79 Å². The topological polar surface area (TPSA) is 102 Å². The van der Waals surface area contributed by atoms with Crippen molar-refractivity contribution >= 4 is 90.6 Å². The second-order valence-electron chi connectivity index (χ2n) is 8.99. The first-order valence-electron chi connectivity index (χ1n) is 11.7. The van der Waals surface area contributed by atoms with Gasteiger partial charge in [0.1, 0.15) is 10.5 Å². The summed E-state index contributed by atoms with van der Waals surface area (Å²) in [6.07, 6.45) is 3.63. The van der Waals surface area contributed by atoms with Crippen LogP contribution in [0.15, 0.2) is 53.3 Å². The number of aromatic amines is 1. The molecular formula is C27H16Cl2N6OS2. The fourth-order valence-corrected chi connectivity index (χ4v) is 6.44. The maximum absolute atomic E-state index is 14.2. The Morgan fingerprint density at radius 2 is 1.71 bits per heavy atom. The number of anilines is 1. The van der Waals surface area contributed by atoms with Crippen LogP contribution < -0.4 is 11.3 Å². The number of hydrogen-bond acceptors (Lipinski definition) is 7. The Hall–Kier alpha value is -3.63. The van der Waals surface area contributed by atoms with Crippen LogP contribution in [0, 0.1) is 4.77 Å². The molecule has 0 saturated carbocycles. The van der Waals surface area contributed by atoms with Crippen molar-refractivity contribution < 1.29 is 0 Å². The van der Waals surface area contributed by atoms with Crippen LogP contribution in [0.4, 0.5) is 5.82 Å². The molecule has 0 spiro atoms. The zero-order valence-corrected chi connectivity index (χ0v) is 22.6. The zero-order valence-electron chi connectivity index (χ0n) is 19.5. The van der Waals surface area contributed by atoms with Crippen molar-refractivity contribution in [3.05, 3.63) is 90.5 Å². The number of halogens is 2. The quantitative estimate of drug-likeness (QED) is 0.217. The van der Waals surface area contributed by atoms with Gasteiger partial charge in [0.25, 0.3) is 5.56 Å². The number of rotatable bonds is 2. The number of fused-ring (bicyclic) bond motifs is 5. The molecule has 186 valence electrons. The Bertz CT molecular complexity index is 2090. The van der Waals surface area contributed by atoms with E-state index in [-0.39, 0.29) is 10.3 Å². The van der Waals surface area contributed by atoms with Gasteiger partial charge >= 0.3 is 0 Å². The van der Waals surface area contributed by atoms with Gasteiger partial charge in [-0.15, -0.1) is 0 Å². The summed E-state index contributed by atoms with van der Waals surface area (Å²) >= 11 is 18.8. The van der Waals surface area contributed by atoms with Crippen LogP contribution in [0.25, 0.3) is 49.1 Å². The lowest BCUT2D eigenvalue weighted by Crippen LogP contribution is -2.17. The van der Waals surface area contributed by atoms with E-state index in [1.807, 2.05) is 48.5 Å². The molecule has 0 unspecified atom stereocenters. The van der Waals surface area contributed by atoms with Gasteiger partial charge in [-0.25, -0.2) is 14.4 Å². The molecule has 0 aliphatic heterocycles. The van der Waals surface area contributed by atoms with Crippen molar-refractivity contribution in [3.63, 3.8) is 0 Å². The molecule has 2 aromatic carbocycles. The number of benzene rings is 2. The normalized spacial score (nSPS) is 14.2. The van der Waals surface area contributed by atoms with Crippen LogP contribution in [0.2, 0.25) is 10.0 Å². The smallest absolute Gasteiger partial charge is 0.270 e. The first kappa shape index (κ1) is 23.5. The summed E-state index contributed by atoms with van der Waals surface area (Å²) in [5.41, 5.74) is 12.3. The monoisotopic (exact) mass is 574 g/mol. The summed E-state index contributed by atoms with van der Waals surface area (Å²) in [4.78, 5) is 31.7. The van der Waals surface area contributed by atoms with E-state index in [4.69, 9.17) is 51.1 Å². The summed E-state index contributed by atoms with van der Waals surface area (Å²) in [5.74, 6) is 0.348. The summed E-state index contributed by atoms with van der Waals surface area (Å²) in [7, 11) is 0. The van der Waals surface area contributed by atoms with Crippen molar-refractivity contribution in [2.45, 2.75) is 12.8 Å². The number of nitrogen functional groups attached to an aromatic ring is 1. The third-order valence-corrected chi connectivity index (χ3v) is 8.44. The van der Waals surface area contributed by atoms with E-state index in [1.54, 1.807) is 0 Å². The molecule has 0 amide bonds. The Morgan fingerprint density at radius 1 is 1.00 bits per heavy atom. The fourth-order valence-electron chi connectivity index (χ4n) is 5.02. The largest absolute Gasteiger partial charge is 0.384 e. The second kappa shape index (κ2) is 8.71. The molecule has 38 heavy (non-hydrogen) atoms. The van der Waals surface area contributed by atoms with Crippen LogP contribution in [-0.2, 0) is 6.42 Å². The van der Waals surface area contributed by atoms with Crippen LogP contribution >= 0.6 is 46.8 Å². The molecule has 11 heteroatoms. The molecule has 1 aliphatic carbocycles. The maximum atomic E-state index is 14.2. The summed E-state index contributed by atoms with van der Waals surface area (Å²) in [6, 6.07) is 15.2. The number of nitrogens with one attached hydrogen (secondary N) is 1. The van der Waals surface area contributed by atoms with E-state index in [1.165, 1.54) is 15.7 Å². The molecular weight excluding hydrogens is 559 g/mol. The molecule has 0 radical (unpaired) electrons. The average molecular weight is 576 g/mol. The predicted octanol–water partition coefficient (Wildman–Crippen LogP) is 6.95. The lowest BCUT2D eigenvalue weighted by atomic mass is 9.96. The number of allylic oxidation sites excluding steroid dienone is 1. The highest BCUT2D eigenvalue weighted by Crippen LogP contribution is 2.41. The highest BCUT2D eigenvalue weighted by atomic mass is 35.5. The van der Waals surface area contributed by atoms with Crippen LogP contribution in [0.3, 0.4) is 0 Å². The number of aromatic nitrogens is 5. The van der Waals surface area contributed by atoms with Gasteiger partial charge in [0.2, 0.25) is 4.96 Å². The lowest BCUT2D eigenvalue weighted by molar-refractivity contribution is 1.07. The van der Waals surface area contributed by atoms with Gasteiger partial charge in [0.05, 0.1) is 11.1 Å². The van der Waals surface area contributed by atoms with E-state index in [2.05, 4.69) is 16.0 Å². The van der Waals surface area contributed by atoms with E-state index < -0.39 is 0 Å². The Morgan fingerprint density at radius 3 is 2.45 bits per heavy atom. The lowest BCUT2D eigenvalue weighted by Gasteiger charge is -2.13. The predicted molar refractivity (Wildman–Crippen MR) is 158 cm³/mol. The first-order chi connectivity index (χ1) is 18.4. The highest BCUT2D eigenvalue weighted by Gasteiger charge is 2.28. The number of pyridine rings is 1. The van der Waals surface area contributed by atoms with Gasteiger partial charge in [-0.1, -0.05) is 58.8 Å². The van der Waals surface area contributed by atoms with E-state index in [0.29, 0.717) is 42.2 Å². The molecule has 7 nitrogen and oxygen atoms in total. The minimum absolute atomic E-state index is 0.198. The van der Waals surface area contributed by atoms with E-state index >= 15 is 0 Å². The van der Waals surface area contributed by atoms with Crippen molar-refractivity contribution in [1.82, 2.24) is 24.3 Å². The third-order valence-electron chi connectivity index (χ3n) is 6.68. The summed E-state index contributed by atoms with van der Waals surface area (Å²) in [6.45, 7) is 0. The van der Waals surface area contributed by atoms with Gasteiger partial charge in [0, 0.05) is 15.6 Å². The molecule has 0 fully saturated rings. The zero-order chi connectivity index (χ0) is 26.1. The number of hydrogen-bond donors (Lipinski definition) is 2. The Balaban J connectivity index is 1.60. The van der Waals surface area contributed by atoms with Gasteiger partial charge in [-0.2, -0.15) is 4.98 Å². The van der Waals surface area contributed by atoms with Gasteiger partial charge in [0.15, 0.2) is 16.1 Å². The van der Waals surface area contributed by atoms with E-state index in [0.717, 1.165) is 46.4 Å². The molecule has 7 rings (SSSR count). The standard InChI is InChI=1S/C27H16Cl2N6OS2/c28-15-6-1-12(2-7-15)11-14-5-10-17-18(13-3-8-16(29)9-4-13)19-23(31-20(14)17)33-27-35(25(19)36)24-21(38-27)22(30)32-26(37)34-24/h1-4,6-9,11H,5,10H2,(H3,30,32,34,37)/b14-11+. The number of H-pyrrole nitrogens is 1. The average Bonchev–Trinajstić information content (AvgIpc) is 3.46. The van der Waals surface area contributed by atoms with Crippen molar-refractivity contribution in [1.29, 1.82) is 0 Å². The summed E-state index contributed by atoms with van der Waals surface area (Å²) in [5, 5.41) is 1.72. The molecule has 6 aromatic rings. The minimum Gasteiger partial charge on any atom is -0.384 e. The van der Waals surface area contributed by atoms with Gasteiger partial charge in [-0.05, 0) is 77.7 Å². The van der Waals surface area contributed by atoms with Crippen molar-refractivity contribution in [2.24, 2.45) is 0 Å². The number of thiazole rings is 1. The number of nitrogens with zero attached hydrogens (tertiary/aromatic N) is 4. The SMILES string of the molecule is Nc1[nH]c(=S)nc2c1sc1nc3nc4c(c(-c5ccc(Cl)cc5)c3c(=O)n12)CC/C4=C\c1ccc(Cl)cc1. The number of nitrogens with two attached hydrogens (primary N) is 1. The third kappa shape index (κ3) is 3.65. The molecule has 3 N–H and O–H groups in total. The Labute approximate surface area is 234 Å². The molecule has 4 heterocycles.